The highest BCUT2D eigenvalue weighted by atomic mass is 16.6. The SMILES string of the molecule is CC(C)(C)OC(=O)N(C(=O)OC(C)(C)C)c1nccc2cc(NC(=O)[C@H](O)[C@H]3OCCN(c4ccc5c(c4)NC(=O)CC5)C3=O)ccc12. The van der Waals surface area contributed by atoms with Gasteiger partial charge in [-0.25, -0.2) is 14.6 Å². The number of hydrogen-bond acceptors (Lipinski definition) is 10. The van der Waals surface area contributed by atoms with Crippen LogP contribution in [0.15, 0.2) is 48.7 Å². The molecule has 0 saturated carbocycles. The van der Waals surface area contributed by atoms with Gasteiger partial charge in [0.1, 0.15) is 11.2 Å². The average molecular weight is 662 g/mol. The van der Waals surface area contributed by atoms with Gasteiger partial charge in [-0.3, -0.25) is 14.4 Å². The number of hydrogen-bond donors (Lipinski definition) is 3. The van der Waals surface area contributed by atoms with E-state index in [4.69, 9.17) is 14.2 Å². The molecule has 14 nitrogen and oxygen atoms in total. The van der Waals surface area contributed by atoms with Crippen molar-refractivity contribution >= 4 is 63.6 Å². The fourth-order valence-electron chi connectivity index (χ4n) is 5.25. The van der Waals surface area contributed by atoms with Gasteiger partial charge >= 0.3 is 12.2 Å². The van der Waals surface area contributed by atoms with E-state index in [0.29, 0.717) is 35.0 Å². The molecule has 3 aromatic rings. The molecule has 0 unspecified atom stereocenters. The molecule has 2 aromatic carbocycles. The number of carbonyl (C=O) groups is 5. The second kappa shape index (κ2) is 13.2. The van der Waals surface area contributed by atoms with Crippen LogP contribution in [0.25, 0.3) is 10.8 Å². The first-order valence-electron chi connectivity index (χ1n) is 15.5. The number of anilines is 4. The van der Waals surface area contributed by atoms with E-state index in [9.17, 15) is 29.1 Å². The van der Waals surface area contributed by atoms with Crippen molar-refractivity contribution in [3.63, 3.8) is 0 Å². The highest BCUT2D eigenvalue weighted by molar-refractivity contribution is 6.14. The number of morpholine rings is 1. The quantitative estimate of drug-likeness (QED) is 0.352. The molecule has 254 valence electrons. The zero-order valence-electron chi connectivity index (χ0n) is 27.7. The molecule has 2 aliphatic heterocycles. The van der Waals surface area contributed by atoms with Crippen molar-refractivity contribution in [1.82, 2.24) is 4.98 Å². The lowest BCUT2D eigenvalue weighted by molar-refractivity contribution is -0.150. The maximum atomic E-state index is 13.4. The number of nitrogens with one attached hydrogen (secondary N) is 2. The Morgan fingerprint density at radius 1 is 1.00 bits per heavy atom. The molecule has 5 amide bonds. The van der Waals surface area contributed by atoms with Gasteiger partial charge in [0.15, 0.2) is 18.0 Å². The molecule has 2 aliphatic rings. The van der Waals surface area contributed by atoms with Crippen LogP contribution in [0.4, 0.5) is 32.5 Å². The van der Waals surface area contributed by atoms with E-state index in [1.165, 1.54) is 17.2 Å². The maximum Gasteiger partial charge on any atom is 0.425 e. The van der Waals surface area contributed by atoms with Crippen molar-refractivity contribution in [3.8, 4) is 0 Å². The number of fused-ring (bicyclic) bond motifs is 2. The number of aliphatic hydroxyl groups is 1. The molecule has 0 bridgehead atoms. The van der Waals surface area contributed by atoms with Crippen molar-refractivity contribution in [2.75, 3.05) is 33.6 Å². The molecule has 2 atom stereocenters. The van der Waals surface area contributed by atoms with Crippen LogP contribution < -0.4 is 20.4 Å². The lowest BCUT2D eigenvalue weighted by Gasteiger charge is -2.34. The highest BCUT2D eigenvalue weighted by Crippen LogP contribution is 2.31. The first-order valence-corrected chi connectivity index (χ1v) is 15.5. The first kappa shape index (κ1) is 34.3. The average Bonchev–Trinajstić information content (AvgIpc) is 2.98. The molecule has 1 fully saturated rings. The molecule has 14 heteroatoms. The number of aliphatic hydroxyl groups excluding tert-OH is 1. The zero-order chi connectivity index (χ0) is 35.0. The summed E-state index contributed by atoms with van der Waals surface area (Å²) in [6.07, 6.45) is -2.92. The molecule has 0 radical (unpaired) electrons. The maximum absolute atomic E-state index is 13.4. The summed E-state index contributed by atoms with van der Waals surface area (Å²) in [5.41, 5.74) is 0.504. The molecule has 3 N–H and O–H groups in total. The number of carbonyl (C=O) groups excluding carboxylic acids is 5. The van der Waals surface area contributed by atoms with E-state index >= 15 is 0 Å². The Hall–Kier alpha value is -5.08. The largest absolute Gasteiger partial charge is 0.443 e. The second-order valence-corrected chi connectivity index (χ2v) is 13.5. The second-order valence-electron chi connectivity index (χ2n) is 13.5. The standard InChI is InChI=1S/C34H39N5O9/c1-33(2,3)47-31(44)39(32(45)48-34(4,5)6)28-23-11-9-21(17-20(23)13-14-35-28)36-29(42)26(41)27-30(43)38(15-16-46-27)22-10-7-19-8-12-25(40)37-24(19)18-22/h7,9-11,13-14,17-18,26-27,41H,8,12,15-16H2,1-6H3,(H,36,42)(H,37,40)/t26-,27-/m1/s1. The van der Waals surface area contributed by atoms with Crippen molar-refractivity contribution < 1.29 is 43.3 Å². The number of aryl methyl sites for hydroxylation is 1. The van der Waals surface area contributed by atoms with E-state index in [0.717, 1.165) is 10.5 Å². The lowest BCUT2D eigenvalue weighted by Crippen LogP contribution is -2.55. The summed E-state index contributed by atoms with van der Waals surface area (Å²) < 4.78 is 16.5. The van der Waals surface area contributed by atoms with Gasteiger partial charge in [0.05, 0.1) is 6.61 Å². The minimum absolute atomic E-state index is 0.0445. The predicted octanol–water partition coefficient (Wildman–Crippen LogP) is 4.53. The minimum atomic E-state index is -1.85. The van der Waals surface area contributed by atoms with Gasteiger partial charge in [0.25, 0.3) is 11.8 Å². The van der Waals surface area contributed by atoms with Crippen LogP contribution in [-0.2, 0) is 35.0 Å². The van der Waals surface area contributed by atoms with Crippen molar-refractivity contribution in [2.45, 2.75) is 77.8 Å². The normalized spacial score (nSPS) is 17.2. The van der Waals surface area contributed by atoms with Gasteiger partial charge in [-0.15, -0.1) is 0 Å². The number of imide groups is 1. The van der Waals surface area contributed by atoms with E-state index in [-0.39, 0.29) is 30.6 Å². The van der Waals surface area contributed by atoms with Crippen molar-refractivity contribution in [3.05, 3.63) is 54.2 Å². The number of benzene rings is 2. The van der Waals surface area contributed by atoms with Crippen LogP contribution in [0.1, 0.15) is 53.5 Å². The lowest BCUT2D eigenvalue weighted by atomic mass is 10.0. The third kappa shape index (κ3) is 7.72. The smallest absolute Gasteiger partial charge is 0.425 e. The van der Waals surface area contributed by atoms with Crippen LogP contribution in [0, 0.1) is 0 Å². The van der Waals surface area contributed by atoms with Crippen LogP contribution in [0.5, 0.6) is 0 Å². The third-order valence-electron chi connectivity index (χ3n) is 7.35. The number of rotatable bonds is 5. The van der Waals surface area contributed by atoms with Crippen LogP contribution in [0.2, 0.25) is 0 Å². The van der Waals surface area contributed by atoms with Gasteiger partial charge < -0.3 is 34.9 Å². The summed E-state index contributed by atoms with van der Waals surface area (Å²) in [6.45, 7) is 10.2. The summed E-state index contributed by atoms with van der Waals surface area (Å²) in [5, 5.41) is 17.2. The Morgan fingerprint density at radius 3 is 2.35 bits per heavy atom. The monoisotopic (exact) mass is 661 g/mol. The van der Waals surface area contributed by atoms with E-state index in [1.807, 2.05) is 6.07 Å². The fraction of sp³-hybridized carbons (Fsp3) is 0.412. The molecule has 3 heterocycles. The number of aromatic nitrogens is 1. The number of nitrogens with zero attached hydrogens (tertiary/aromatic N) is 3. The number of pyridine rings is 1. The summed E-state index contributed by atoms with van der Waals surface area (Å²) >= 11 is 0. The molecule has 0 spiro atoms. The molecule has 48 heavy (non-hydrogen) atoms. The Bertz CT molecular complexity index is 1750. The fourth-order valence-corrected chi connectivity index (χ4v) is 5.25. The Balaban J connectivity index is 1.35. The minimum Gasteiger partial charge on any atom is -0.443 e. The van der Waals surface area contributed by atoms with Crippen LogP contribution in [-0.4, -0.2) is 76.6 Å². The topological polar surface area (TPSA) is 177 Å². The van der Waals surface area contributed by atoms with Gasteiger partial charge in [0, 0.05) is 41.6 Å². The summed E-state index contributed by atoms with van der Waals surface area (Å²) in [6, 6.07) is 11.5. The number of ether oxygens (including phenoxy) is 3. The third-order valence-corrected chi connectivity index (χ3v) is 7.35. The Kier molecular flexibility index (Phi) is 9.42. The Labute approximate surface area is 277 Å². The Morgan fingerprint density at radius 2 is 1.69 bits per heavy atom. The van der Waals surface area contributed by atoms with Gasteiger partial charge in [-0.1, -0.05) is 6.07 Å². The van der Waals surface area contributed by atoms with Crippen LogP contribution in [0.3, 0.4) is 0 Å². The molecule has 1 saturated heterocycles. The van der Waals surface area contributed by atoms with E-state index in [2.05, 4.69) is 15.6 Å². The van der Waals surface area contributed by atoms with Gasteiger partial charge in [-0.05, 0) is 95.3 Å². The van der Waals surface area contributed by atoms with E-state index in [1.54, 1.807) is 71.9 Å². The zero-order valence-corrected chi connectivity index (χ0v) is 27.7. The van der Waals surface area contributed by atoms with Crippen LogP contribution >= 0.6 is 0 Å². The number of amides is 5. The predicted molar refractivity (Wildman–Crippen MR) is 177 cm³/mol. The van der Waals surface area contributed by atoms with Crippen molar-refractivity contribution in [2.24, 2.45) is 0 Å². The first-order chi connectivity index (χ1) is 22.5. The summed E-state index contributed by atoms with van der Waals surface area (Å²) in [4.78, 5) is 71.3. The summed E-state index contributed by atoms with van der Waals surface area (Å²) in [5.74, 6) is -1.64. The molecular weight excluding hydrogens is 622 g/mol. The molecule has 1 aromatic heterocycles. The van der Waals surface area contributed by atoms with E-state index < -0.39 is 47.4 Å². The summed E-state index contributed by atoms with van der Waals surface area (Å²) in [7, 11) is 0. The van der Waals surface area contributed by atoms with Crippen molar-refractivity contribution in [1.29, 1.82) is 0 Å². The van der Waals surface area contributed by atoms with Gasteiger partial charge in [0.2, 0.25) is 5.91 Å². The molecule has 0 aliphatic carbocycles. The highest BCUT2D eigenvalue weighted by Gasteiger charge is 2.40. The van der Waals surface area contributed by atoms with Gasteiger partial charge in [-0.2, -0.15) is 4.90 Å². The molecular formula is C34H39N5O9. The molecule has 5 rings (SSSR count).